The Kier molecular flexibility index (Phi) is 6.36. The van der Waals surface area contributed by atoms with Crippen LogP contribution in [0.2, 0.25) is 0 Å². The minimum atomic E-state index is -1.15. The molecule has 0 aliphatic carbocycles. The molecule has 3 N–H and O–H groups in total. The van der Waals surface area contributed by atoms with Crippen LogP contribution in [0.3, 0.4) is 0 Å². The van der Waals surface area contributed by atoms with E-state index in [2.05, 4.69) is 10.6 Å². The molecule has 0 aliphatic heterocycles. The van der Waals surface area contributed by atoms with Crippen LogP contribution in [0.25, 0.3) is 0 Å². The summed E-state index contributed by atoms with van der Waals surface area (Å²) in [5.74, 6) is -1.46. The van der Waals surface area contributed by atoms with Crippen LogP contribution in [0.1, 0.15) is 13.8 Å². The first-order valence-electron chi connectivity index (χ1n) is 4.81. The van der Waals surface area contributed by atoms with Gasteiger partial charge in [-0.25, -0.2) is 0 Å². The Morgan fingerprint density at radius 2 is 2.12 bits per heavy atom. The highest BCUT2D eigenvalue weighted by Crippen LogP contribution is 1.92. The normalized spacial score (nSPS) is 10.8. The first kappa shape index (κ1) is 14.0. The monoisotopic (exact) mass is 225 g/mol. The molecule has 0 bridgehead atoms. The zero-order valence-electron chi connectivity index (χ0n) is 9.28. The quantitative estimate of drug-likeness (QED) is 0.430. The number of amides is 1. The molecule has 0 aromatic carbocycles. The molecule has 16 heavy (non-hydrogen) atoms. The molecule has 6 nitrogen and oxygen atoms in total. The van der Waals surface area contributed by atoms with Crippen LogP contribution in [0.5, 0.6) is 0 Å². The highest BCUT2D eigenvalue weighted by atomic mass is 16.4. The molecule has 0 aromatic heterocycles. The molecular formula is C10H15N3O3. The molecule has 0 aliphatic rings. The average molecular weight is 225 g/mol. The van der Waals surface area contributed by atoms with Gasteiger partial charge in [0.1, 0.15) is 18.2 Å². The summed E-state index contributed by atoms with van der Waals surface area (Å²) >= 11 is 0. The van der Waals surface area contributed by atoms with E-state index in [4.69, 9.17) is 10.4 Å². The van der Waals surface area contributed by atoms with Crippen molar-refractivity contribution in [1.29, 1.82) is 5.26 Å². The zero-order valence-corrected chi connectivity index (χ0v) is 9.28. The van der Waals surface area contributed by atoms with Crippen molar-refractivity contribution in [2.45, 2.75) is 13.8 Å². The van der Waals surface area contributed by atoms with E-state index < -0.39 is 18.4 Å². The number of carbonyl (C=O) groups excluding carboxylic acids is 1. The molecule has 0 atom stereocenters. The molecule has 1 amide bonds. The van der Waals surface area contributed by atoms with Gasteiger partial charge in [-0.15, -0.1) is 0 Å². The van der Waals surface area contributed by atoms with Crippen LogP contribution in [0.15, 0.2) is 11.8 Å². The van der Waals surface area contributed by atoms with E-state index in [0.717, 1.165) is 0 Å². The summed E-state index contributed by atoms with van der Waals surface area (Å²) in [6, 6.07) is 1.69. The second kappa shape index (κ2) is 7.29. The second-order valence-electron chi connectivity index (χ2n) is 3.55. The molecular weight excluding hydrogens is 210 g/mol. The van der Waals surface area contributed by atoms with Crippen LogP contribution in [-0.4, -0.2) is 30.1 Å². The van der Waals surface area contributed by atoms with Crippen molar-refractivity contribution < 1.29 is 14.7 Å². The maximum Gasteiger partial charge on any atom is 0.322 e. The van der Waals surface area contributed by atoms with Crippen LogP contribution in [0, 0.1) is 17.2 Å². The molecule has 0 unspecified atom stereocenters. The van der Waals surface area contributed by atoms with E-state index in [0.29, 0.717) is 12.5 Å². The summed E-state index contributed by atoms with van der Waals surface area (Å²) in [5, 5.41) is 21.9. The van der Waals surface area contributed by atoms with Gasteiger partial charge < -0.3 is 15.7 Å². The van der Waals surface area contributed by atoms with Gasteiger partial charge in [-0.05, 0) is 5.92 Å². The molecule has 0 saturated carbocycles. The maximum atomic E-state index is 11.2. The second-order valence-corrected chi connectivity index (χ2v) is 3.55. The molecule has 0 spiro atoms. The number of carbonyl (C=O) groups is 2. The number of rotatable bonds is 6. The van der Waals surface area contributed by atoms with Crippen LogP contribution >= 0.6 is 0 Å². The fraction of sp³-hybridized carbons (Fsp3) is 0.500. The van der Waals surface area contributed by atoms with Crippen molar-refractivity contribution in [2.75, 3.05) is 13.1 Å². The molecule has 0 aromatic rings. The number of carboxylic acids is 1. The number of nitriles is 1. The fourth-order valence-corrected chi connectivity index (χ4v) is 0.796. The Bertz CT molecular complexity index is 329. The Morgan fingerprint density at radius 1 is 1.50 bits per heavy atom. The van der Waals surface area contributed by atoms with E-state index in [1.165, 1.54) is 6.20 Å². The topological polar surface area (TPSA) is 102 Å². The minimum Gasteiger partial charge on any atom is -0.480 e. The van der Waals surface area contributed by atoms with E-state index in [1.807, 2.05) is 13.8 Å². The summed E-state index contributed by atoms with van der Waals surface area (Å²) in [6.07, 6.45) is 1.29. The standard InChI is InChI=1S/C10H15N3O3/c1-7(2)4-12-5-8(3-11)10(16)13-6-9(14)15/h5,7,12H,4,6H2,1-2H3,(H,13,16)(H,14,15)/b8-5-. The highest BCUT2D eigenvalue weighted by Gasteiger charge is 2.09. The van der Waals surface area contributed by atoms with E-state index >= 15 is 0 Å². The van der Waals surface area contributed by atoms with E-state index in [-0.39, 0.29) is 5.57 Å². The lowest BCUT2D eigenvalue weighted by Gasteiger charge is -2.05. The largest absolute Gasteiger partial charge is 0.480 e. The molecule has 0 radical (unpaired) electrons. The van der Waals surface area contributed by atoms with Crippen LogP contribution < -0.4 is 10.6 Å². The molecule has 6 heteroatoms. The first-order chi connectivity index (χ1) is 7.47. The van der Waals surface area contributed by atoms with Gasteiger partial charge >= 0.3 is 5.97 Å². The third-order valence-electron chi connectivity index (χ3n) is 1.54. The number of aliphatic carboxylic acids is 1. The van der Waals surface area contributed by atoms with Crippen LogP contribution in [-0.2, 0) is 9.59 Å². The van der Waals surface area contributed by atoms with Gasteiger partial charge in [-0.1, -0.05) is 13.8 Å². The third kappa shape index (κ3) is 6.43. The SMILES string of the molecule is CC(C)CN/C=C(/C#N)C(=O)NCC(=O)O. The van der Waals surface area contributed by atoms with Gasteiger partial charge in [0.25, 0.3) is 5.91 Å². The third-order valence-corrected chi connectivity index (χ3v) is 1.54. The highest BCUT2D eigenvalue weighted by molar-refractivity contribution is 5.98. The van der Waals surface area contributed by atoms with Crippen molar-refractivity contribution in [2.24, 2.45) is 5.92 Å². The number of nitrogens with one attached hydrogen (secondary N) is 2. The first-order valence-corrected chi connectivity index (χ1v) is 4.81. The van der Waals surface area contributed by atoms with Crippen molar-refractivity contribution in [1.82, 2.24) is 10.6 Å². The maximum absolute atomic E-state index is 11.2. The van der Waals surface area contributed by atoms with Crippen molar-refractivity contribution in [3.63, 3.8) is 0 Å². The number of carboxylic acid groups (broad SMARTS) is 1. The average Bonchev–Trinajstić information content (AvgIpc) is 2.20. The predicted octanol–water partition coefficient (Wildman–Crippen LogP) is -0.160. The van der Waals surface area contributed by atoms with Gasteiger partial charge in [0, 0.05) is 12.7 Å². The molecule has 0 saturated heterocycles. The summed E-state index contributed by atoms with van der Waals surface area (Å²) in [6.45, 7) is 4.11. The van der Waals surface area contributed by atoms with Crippen LogP contribution in [0.4, 0.5) is 0 Å². The smallest absolute Gasteiger partial charge is 0.322 e. The van der Waals surface area contributed by atoms with E-state index in [1.54, 1.807) is 6.07 Å². The summed E-state index contributed by atoms with van der Waals surface area (Å²) in [7, 11) is 0. The fourth-order valence-electron chi connectivity index (χ4n) is 0.796. The van der Waals surface area contributed by atoms with Gasteiger partial charge in [0.05, 0.1) is 0 Å². The van der Waals surface area contributed by atoms with Gasteiger partial charge in [0.15, 0.2) is 0 Å². The Balaban J connectivity index is 4.22. The number of hydrogen-bond donors (Lipinski definition) is 3. The summed E-state index contributed by atoms with van der Waals surface area (Å²) in [4.78, 5) is 21.4. The lowest BCUT2D eigenvalue weighted by atomic mass is 10.2. The number of hydrogen-bond acceptors (Lipinski definition) is 4. The van der Waals surface area contributed by atoms with Crippen molar-refractivity contribution in [3.05, 3.63) is 11.8 Å². The summed E-state index contributed by atoms with van der Waals surface area (Å²) in [5.41, 5.74) is -0.137. The van der Waals surface area contributed by atoms with Gasteiger partial charge in [-0.2, -0.15) is 5.26 Å². The Hall–Kier alpha value is -2.03. The number of nitrogens with zero attached hydrogens (tertiary/aromatic N) is 1. The van der Waals surface area contributed by atoms with E-state index in [9.17, 15) is 9.59 Å². The van der Waals surface area contributed by atoms with Gasteiger partial charge in [0.2, 0.25) is 0 Å². The Morgan fingerprint density at radius 3 is 2.56 bits per heavy atom. The molecule has 88 valence electrons. The van der Waals surface area contributed by atoms with Crippen molar-refractivity contribution >= 4 is 11.9 Å². The van der Waals surface area contributed by atoms with Crippen molar-refractivity contribution in [3.8, 4) is 6.07 Å². The molecule has 0 fully saturated rings. The lowest BCUT2D eigenvalue weighted by Crippen LogP contribution is -2.31. The molecule has 0 rings (SSSR count). The zero-order chi connectivity index (χ0) is 12.6. The Labute approximate surface area is 93.9 Å². The predicted molar refractivity (Wildman–Crippen MR) is 57.2 cm³/mol. The molecule has 0 heterocycles. The summed E-state index contributed by atoms with van der Waals surface area (Å²) < 4.78 is 0. The van der Waals surface area contributed by atoms with Gasteiger partial charge in [-0.3, -0.25) is 9.59 Å². The lowest BCUT2D eigenvalue weighted by molar-refractivity contribution is -0.137. The minimum absolute atomic E-state index is 0.137.